The number of hydrogen-bond donors (Lipinski definition) is 1. The van der Waals surface area contributed by atoms with Gasteiger partial charge in [0.05, 0.1) is 13.2 Å². The first kappa shape index (κ1) is 19.3. The SMILES string of the molecule is Cc1ccccc1C[C@@]1(CO)CCCN(C(=O)CCN2CCCCO2)C1. The van der Waals surface area contributed by atoms with Crippen LogP contribution in [0.25, 0.3) is 0 Å². The first-order chi connectivity index (χ1) is 12.6. The first-order valence-corrected chi connectivity index (χ1v) is 9.93. The lowest BCUT2D eigenvalue weighted by Gasteiger charge is -2.42. The second kappa shape index (κ2) is 8.98. The Morgan fingerprint density at radius 3 is 2.81 bits per heavy atom. The summed E-state index contributed by atoms with van der Waals surface area (Å²) in [6.45, 7) is 6.04. The fraction of sp³-hybridized carbons (Fsp3) is 0.667. The van der Waals surface area contributed by atoms with Crippen LogP contribution in [0, 0.1) is 12.3 Å². The van der Waals surface area contributed by atoms with Gasteiger partial charge in [-0.3, -0.25) is 9.63 Å². The molecule has 2 heterocycles. The minimum Gasteiger partial charge on any atom is -0.396 e. The molecule has 0 aromatic heterocycles. The lowest BCUT2D eigenvalue weighted by molar-refractivity contribution is -0.183. The Balaban J connectivity index is 1.59. The van der Waals surface area contributed by atoms with E-state index in [4.69, 9.17) is 4.84 Å². The van der Waals surface area contributed by atoms with Gasteiger partial charge in [-0.2, -0.15) is 5.06 Å². The number of carbonyl (C=O) groups is 1. The predicted octanol–water partition coefficient (Wildman–Crippen LogP) is 2.56. The van der Waals surface area contributed by atoms with Crippen LogP contribution in [0.3, 0.4) is 0 Å². The molecule has 1 atom stereocenters. The van der Waals surface area contributed by atoms with Gasteiger partial charge in [0.15, 0.2) is 0 Å². The van der Waals surface area contributed by atoms with Gasteiger partial charge in [0.2, 0.25) is 5.91 Å². The van der Waals surface area contributed by atoms with E-state index in [1.165, 1.54) is 11.1 Å². The largest absolute Gasteiger partial charge is 0.396 e. The number of aryl methyl sites for hydroxylation is 1. The number of carbonyl (C=O) groups excluding carboxylic acids is 1. The van der Waals surface area contributed by atoms with Crippen molar-refractivity contribution in [3.8, 4) is 0 Å². The van der Waals surface area contributed by atoms with Crippen molar-refractivity contribution in [1.29, 1.82) is 0 Å². The highest BCUT2D eigenvalue weighted by Crippen LogP contribution is 2.34. The van der Waals surface area contributed by atoms with E-state index in [0.29, 0.717) is 19.5 Å². The van der Waals surface area contributed by atoms with Crippen molar-refractivity contribution < 1.29 is 14.7 Å². The molecule has 0 unspecified atom stereocenters. The maximum atomic E-state index is 12.7. The standard InChI is InChI=1S/C21H32N2O3/c1-18-7-2-3-8-19(18)15-21(17-24)10-6-11-22(16-21)20(25)9-13-23-12-4-5-14-26-23/h2-3,7-8,24H,4-6,9-17H2,1H3/t21-/m0/s1. The topological polar surface area (TPSA) is 53.0 Å². The Morgan fingerprint density at radius 1 is 1.23 bits per heavy atom. The number of aliphatic hydroxyl groups is 1. The molecule has 0 aliphatic carbocycles. The van der Waals surface area contributed by atoms with Gasteiger partial charge in [-0.1, -0.05) is 24.3 Å². The summed E-state index contributed by atoms with van der Waals surface area (Å²) in [5.41, 5.74) is 2.31. The van der Waals surface area contributed by atoms with Crippen molar-refractivity contribution in [1.82, 2.24) is 9.96 Å². The third-order valence-electron chi connectivity index (χ3n) is 5.83. The summed E-state index contributed by atoms with van der Waals surface area (Å²) < 4.78 is 0. The van der Waals surface area contributed by atoms with Crippen molar-refractivity contribution in [2.24, 2.45) is 5.41 Å². The fourth-order valence-corrected chi connectivity index (χ4v) is 4.17. The normalized spacial score (nSPS) is 24.6. The minimum atomic E-state index is -0.221. The molecule has 0 saturated carbocycles. The van der Waals surface area contributed by atoms with Crippen LogP contribution >= 0.6 is 0 Å². The van der Waals surface area contributed by atoms with E-state index in [1.807, 2.05) is 16.0 Å². The van der Waals surface area contributed by atoms with Crippen LogP contribution < -0.4 is 0 Å². The molecule has 5 nitrogen and oxygen atoms in total. The molecular weight excluding hydrogens is 328 g/mol. The zero-order valence-electron chi connectivity index (χ0n) is 16.0. The van der Waals surface area contributed by atoms with Gasteiger partial charge in [0.1, 0.15) is 0 Å². The van der Waals surface area contributed by atoms with E-state index in [-0.39, 0.29) is 17.9 Å². The summed E-state index contributed by atoms with van der Waals surface area (Å²) in [5.74, 6) is 0.182. The van der Waals surface area contributed by atoms with Crippen molar-refractivity contribution in [2.75, 3.05) is 39.4 Å². The molecule has 2 aliphatic rings. The lowest BCUT2D eigenvalue weighted by Crippen LogP contribution is -2.49. The van der Waals surface area contributed by atoms with E-state index in [9.17, 15) is 9.90 Å². The number of hydrogen-bond acceptors (Lipinski definition) is 4. The fourth-order valence-electron chi connectivity index (χ4n) is 4.17. The van der Waals surface area contributed by atoms with Gasteiger partial charge in [0, 0.05) is 38.0 Å². The molecule has 1 amide bonds. The maximum Gasteiger partial charge on any atom is 0.223 e. The molecule has 26 heavy (non-hydrogen) atoms. The molecule has 2 fully saturated rings. The molecule has 0 bridgehead atoms. The number of likely N-dealkylation sites (tertiary alicyclic amines) is 1. The third kappa shape index (κ3) is 4.84. The quantitative estimate of drug-likeness (QED) is 0.847. The average Bonchev–Trinajstić information content (AvgIpc) is 2.69. The number of piperidine rings is 1. The predicted molar refractivity (Wildman–Crippen MR) is 102 cm³/mol. The van der Waals surface area contributed by atoms with Gasteiger partial charge >= 0.3 is 0 Å². The van der Waals surface area contributed by atoms with E-state index >= 15 is 0 Å². The molecule has 1 N–H and O–H groups in total. The Labute approximate surface area is 156 Å². The highest BCUT2D eigenvalue weighted by atomic mass is 16.7. The highest BCUT2D eigenvalue weighted by Gasteiger charge is 2.37. The summed E-state index contributed by atoms with van der Waals surface area (Å²) in [6, 6.07) is 8.35. The molecule has 2 aliphatic heterocycles. The van der Waals surface area contributed by atoms with Gasteiger partial charge < -0.3 is 10.0 Å². The zero-order valence-corrected chi connectivity index (χ0v) is 16.0. The highest BCUT2D eigenvalue weighted by molar-refractivity contribution is 5.76. The molecule has 1 aromatic rings. The van der Waals surface area contributed by atoms with Crippen molar-refractivity contribution in [3.05, 3.63) is 35.4 Å². The summed E-state index contributed by atoms with van der Waals surface area (Å²) in [7, 11) is 0. The van der Waals surface area contributed by atoms with Gasteiger partial charge in [-0.05, 0) is 50.2 Å². The maximum absolute atomic E-state index is 12.7. The molecule has 3 rings (SSSR count). The number of aliphatic hydroxyl groups excluding tert-OH is 1. The number of amides is 1. The van der Waals surface area contributed by atoms with Crippen molar-refractivity contribution >= 4 is 5.91 Å². The van der Waals surface area contributed by atoms with E-state index in [0.717, 1.165) is 51.8 Å². The van der Waals surface area contributed by atoms with Crippen LogP contribution in [-0.4, -0.2) is 60.4 Å². The van der Waals surface area contributed by atoms with Gasteiger partial charge in [-0.25, -0.2) is 0 Å². The van der Waals surface area contributed by atoms with Crippen LogP contribution in [0.5, 0.6) is 0 Å². The third-order valence-corrected chi connectivity index (χ3v) is 5.83. The Kier molecular flexibility index (Phi) is 6.68. The smallest absolute Gasteiger partial charge is 0.223 e. The van der Waals surface area contributed by atoms with Crippen LogP contribution in [0.15, 0.2) is 24.3 Å². The average molecular weight is 360 g/mol. The Hall–Kier alpha value is -1.43. The molecule has 0 spiro atoms. The van der Waals surface area contributed by atoms with E-state index < -0.39 is 0 Å². The van der Waals surface area contributed by atoms with Crippen LogP contribution in [0.1, 0.15) is 43.2 Å². The van der Waals surface area contributed by atoms with Crippen LogP contribution in [-0.2, 0) is 16.1 Å². The van der Waals surface area contributed by atoms with Gasteiger partial charge in [0.25, 0.3) is 0 Å². The second-order valence-corrected chi connectivity index (χ2v) is 7.90. The van der Waals surface area contributed by atoms with Crippen LogP contribution in [0.2, 0.25) is 0 Å². The first-order valence-electron chi connectivity index (χ1n) is 9.93. The molecule has 2 saturated heterocycles. The van der Waals surface area contributed by atoms with E-state index in [2.05, 4.69) is 25.1 Å². The lowest BCUT2D eigenvalue weighted by atomic mass is 9.75. The number of benzene rings is 1. The van der Waals surface area contributed by atoms with Crippen LogP contribution in [0.4, 0.5) is 0 Å². The van der Waals surface area contributed by atoms with Gasteiger partial charge in [-0.15, -0.1) is 0 Å². The molecule has 144 valence electrons. The molecule has 1 aromatic carbocycles. The summed E-state index contributed by atoms with van der Waals surface area (Å²) >= 11 is 0. The molecule has 5 heteroatoms. The van der Waals surface area contributed by atoms with E-state index in [1.54, 1.807) is 0 Å². The summed E-state index contributed by atoms with van der Waals surface area (Å²) in [6.07, 6.45) is 5.49. The molecular formula is C21H32N2O3. The molecule has 0 radical (unpaired) electrons. The summed E-state index contributed by atoms with van der Waals surface area (Å²) in [5, 5.41) is 12.1. The zero-order chi connectivity index (χ0) is 18.4. The summed E-state index contributed by atoms with van der Waals surface area (Å²) in [4.78, 5) is 20.3. The second-order valence-electron chi connectivity index (χ2n) is 7.90. The number of nitrogens with zero attached hydrogens (tertiary/aromatic N) is 2. The monoisotopic (exact) mass is 360 g/mol. The van der Waals surface area contributed by atoms with Crippen molar-refractivity contribution in [2.45, 2.75) is 45.4 Å². The number of hydroxylamine groups is 2. The number of rotatable bonds is 6. The minimum absolute atomic E-state index is 0.125. The Bertz CT molecular complexity index is 601. The van der Waals surface area contributed by atoms with Crippen molar-refractivity contribution in [3.63, 3.8) is 0 Å². The Morgan fingerprint density at radius 2 is 2.08 bits per heavy atom.